The summed E-state index contributed by atoms with van der Waals surface area (Å²) in [6.45, 7) is 6.55. The molecule has 0 N–H and O–H groups in total. The summed E-state index contributed by atoms with van der Waals surface area (Å²) in [6, 6.07) is 0. The molecular weight excluding hydrogens is 937 g/mol. The van der Waals surface area contributed by atoms with Gasteiger partial charge in [-0.3, -0.25) is 14.4 Å². The van der Waals surface area contributed by atoms with Crippen molar-refractivity contribution in [1.29, 1.82) is 0 Å². The first-order valence-corrected chi connectivity index (χ1v) is 32.9. The van der Waals surface area contributed by atoms with E-state index in [0.717, 1.165) is 103 Å². The standard InChI is InChI=1S/C70H124O6/c1-4-7-10-13-16-19-22-25-28-31-33-34-35-36-38-39-42-45-48-51-54-57-60-63-69(72)75-66-67(65-74-68(71)62-59-56-53-50-47-44-41-30-27-24-21-18-15-12-9-6-3)76-70(73)64-61-58-55-52-49-46-43-40-37-32-29-26-23-20-17-14-11-8-5-2/h7,10,16,19,21,24-25,28,30,33-34,41,67H,4-6,8-9,11-15,17-18,20,22-23,26-27,29,31-32,35-40,42-66H2,1-3H3/b10-7-,19-16-,24-21-,28-25-,34-33-,41-30-. The van der Waals surface area contributed by atoms with Gasteiger partial charge in [-0.05, 0) is 89.9 Å². The Kier molecular flexibility index (Phi) is 61.7. The molecule has 0 aromatic heterocycles. The maximum atomic E-state index is 12.9. The van der Waals surface area contributed by atoms with Crippen LogP contribution in [-0.4, -0.2) is 37.2 Å². The summed E-state index contributed by atoms with van der Waals surface area (Å²) < 4.78 is 17.0. The number of carbonyl (C=O) groups is 3. The highest BCUT2D eigenvalue weighted by Gasteiger charge is 2.19. The van der Waals surface area contributed by atoms with E-state index in [1.807, 2.05) is 0 Å². The van der Waals surface area contributed by atoms with Gasteiger partial charge in [-0.25, -0.2) is 0 Å². The van der Waals surface area contributed by atoms with Crippen LogP contribution in [0.3, 0.4) is 0 Å². The van der Waals surface area contributed by atoms with Gasteiger partial charge in [-0.15, -0.1) is 0 Å². The molecule has 0 aromatic rings. The fraction of sp³-hybridized carbons (Fsp3) is 0.786. The highest BCUT2D eigenvalue weighted by molar-refractivity contribution is 5.71. The topological polar surface area (TPSA) is 78.9 Å². The monoisotopic (exact) mass is 1060 g/mol. The molecule has 6 heteroatoms. The molecule has 6 nitrogen and oxygen atoms in total. The summed E-state index contributed by atoms with van der Waals surface area (Å²) in [6.07, 6.45) is 83.3. The van der Waals surface area contributed by atoms with Crippen LogP contribution in [0, 0.1) is 0 Å². The van der Waals surface area contributed by atoms with Gasteiger partial charge in [0.25, 0.3) is 0 Å². The van der Waals surface area contributed by atoms with Crippen LogP contribution in [-0.2, 0) is 28.6 Å². The first-order chi connectivity index (χ1) is 37.5. The van der Waals surface area contributed by atoms with Gasteiger partial charge in [0.05, 0.1) is 0 Å². The van der Waals surface area contributed by atoms with E-state index in [4.69, 9.17) is 14.2 Å². The summed E-state index contributed by atoms with van der Waals surface area (Å²) in [5.74, 6) is -0.878. The number of hydrogen-bond acceptors (Lipinski definition) is 6. The molecule has 76 heavy (non-hydrogen) atoms. The molecule has 0 aliphatic rings. The second kappa shape index (κ2) is 64.4. The number of esters is 3. The number of unbranched alkanes of at least 4 members (excludes halogenated alkanes) is 37. The minimum atomic E-state index is -0.783. The Labute approximate surface area is 472 Å². The molecular formula is C70H124O6. The fourth-order valence-electron chi connectivity index (χ4n) is 9.53. The highest BCUT2D eigenvalue weighted by atomic mass is 16.6. The molecule has 0 saturated heterocycles. The molecule has 0 radical (unpaired) electrons. The molecule has 0 heterocycles. The fourth-order valence-corrected chi connectivity index (χ4v) is 9.53. The van der Waals surface area contributed by atoms with Crippen LogP contribution in [0.5, 0.6) is 0 Å². The average Bonchev–Trinajstić information content (AvgIpc) is 3.42. The molecule has 0 rings (SSSR count). The molecule has 0 fully saturated rings. The van der Waals surface area contributed by atoms with Crippen LogP contribution in [0.4, 0.5) is 0 Å². The zero-order valence-corrected chi connectivity index (χ0v) is 50.5. The first-order valence-electron chi connectivity index (χ1n) is 32.9. The Morgan fingerprint density at radius 3 is 0.816 bits per heavy atom. The van der Waals surface area contributed by atoms with E-state index >= 15 is 0 Å². The van der Waals surface area contributed by atoms with E-state index in [1.54, 1.807) is 0 Å². The van der Waals surface area contributed by atoms with E-state index in [2.05, 4.69) is 93.7 Å². The maximum Gasteiger partial charge on any atom is 0.306 e. The van der Waals surface area contributed by atoms with Gasteiger partial charge in [-0.1, -0.05) is 299 Å². The van der Waals surface area contributed by atoms with Crippen molar-refractivity contribution in [3.8, 4) is 0 Å². The number of ether oxygens (including phenoxy) is 3. The molecule has 0 amide bonds. The Morgan fingerprint density at radius 2 is 0.513 bits per heavy atom. The summed E-state index contributed by atoms with van der Waals surface area (Å²) in [7, 11) is 0. The summed E-state index contributed by atoms with van der Waals surface area (Å²) >= 11 is 0. The molecule has 0 aliphatic heterocycles. The van der Waals surface area contributed by atoms with Crippen LogP contribution in [0.2, 0.25) is 0 Å². The van der Waals surface area contributed by atoms with Gasteiger partial charge in [-0.2, -0.15) is 0 Å². The predicted molar refractivity (Wildman–Crippen MR) is 330 cm³/mol. The van der Waals surface area contributed by atoms with Gasteiger partial charge in [0.2, 0.25) is 0 Å². The quantitative estimate of drug-likeness (QED) is 0.0261. The van der Waals surface area contributed by atoms with E-state index in [0.29, 0.717) is 19.3 Å². The Morgan fingerprint density at radius 1 is 0.276 bits per heavy atom. The highest BCUT2D eigenvalue weighted by Crippen LogP contribution is 2.17. The third-order valence-corrected chi connectivity index (χ3v) is 14.4. The lowest BCUT2D eigenvalue weighted by Crippen LogP contribution is -2.30. The SMILES string of the molecule is CC/C=C\C/C=C\C/C=C\C/C=C\CCCCCCCCCCCCC(=O)OCC(COC(=O)CCCCCCC/C=C\C/C=C\CCCCCC)OC(=O)CCCCCCCCCCCCCCCCCCCCC. The smallest absolute Gasteiger partial charge is 0.306 e. The minimum Gasteiger partial charge on any atom is -0.462 e. The van der Waals surface area contributed by atoms with Crippen LogP contribution in [0.15, 0.2) is 72.9 Å². The minimum absolute atomic E-state index is 0.0791. The van der Waals surface area contributed by atoms with E-state index in [-0.39, 0.29) is 31.1 Å². The van der Waals surface area contributed by atoms with Crippen LogP contribution < -0.4 is 0 Å². The van der Waals surface area contributed by atoms with Crippen molar-refractivity contribution in [2.75, 3.05) is 13.2 Å². The largest absolute Gasteiger partial charge is 0.462 e. The van der Waals surface area contributed by atoms with Crippen LogP contribution >= 0.6 is 0 Å². The maximum absolute atomic E-state index is 12.9. The van der Waals surface area contributed by atoms with Gasteiger partial charge >= 0.3 is 17.9 Å². The van der Waals surface area contributed by atoms with Crippen molar-refractivity contribution in [3.63, 3.8) is 0 Å². The second-order valence-electron chi connectivity index (χ2n) is 22.0. The molecule has 0 bridgehead atoms. The van der Waals surface area contributed by atoms with E-state index in [1.165, 1.54) is 193 Å². The number of allylic oxidation sites excluding steroid dienone is 12. The lowest BCUT2D eigenvalue weighted by Gasteiger charge is -2.18. The van der Waals surface area contributed by atoms with Crippen LogP contribution in [0.1, 0.15) is 335 Å². The zero-order valence-electron chi connectivity index (χ0n) is 50.5. The van der Waals surface area contributed by atoms with Crippen molar-refractivity contribution in [2.45, 2.75) is 341 Å². The molecule has 0 spiro atoms. The lowest BCUT2D eigenvalue weighted by molar-refractivity contribution is -0.167. The van der Waals surface area contributed by atoms with Gasteiger partial charge in [0.1, 0.15) is 13.2 Å². The van der Waals surface area contributed by atoms with Gasteiger partial charge < -0.3 is 14.2 Å². The zero-order chi connectivity index (χ0) is 55.0. The van der Waals surface area contributed by atoms with Gasteiger partial charge in [0, 0.05) is 19.3 Å². The van der Waals surface area contributed by atoms with Crippen molar-refractivity contribution >= 4 is 17.9 Å². The Hall–Kier alpha value is -3.15. The Balaban J connectivity index is 4.35. The van der Waals surface area contributed by atoms with Crippen LogP contribution in [0.25, 0.3) is 0 Å². The number of carbonyl (C=O) groups excluding carboxylic acids is 3. The van der Waals surface area contributed by atoms with Crippen molar-refractivity contribution in [3.05, 3.63) is 72.9 Å². The van der Waals surface area contributed by atoms with Crippen molar-refractivity contribution < 1.29 is 28.6 Å². The third-order valence-electron chi connectivity index (χ3n) is 14.4. The average molecular weight is 1060 g/mol. The van der Waals surface area contributed by atoms with Crippen molar-refractivity contribution in [1.82, 2.24) is 0 Å². The number of hydrogen-bond donors (Lipinski definition) is 0. The number of rotatable bonds is 60. The molecule has 1 unspecified atom stereocenters. The molecule has 440 valence electrons. The predicted octanol–water partition coefficient (Wildman–Crippen LogP) is 22.5. The molecule has 0 aromatic carbocycles. The molecule has 1 atom stereocenters. The lowest BCUT2D eigenvalue weighted by atomic mass is 10.0. The van der Waals surface area contributed by atoms with E-state index in [9.17, 15) is 14.4 Å². The third kappa shape index (κ3) is 61.7. The first kappa shape index (κ1) is 72.8. The normalized spacial score (nSPS) is 12.5. The summed E-state index contributed by atoms with van der Waals surface area (Å²) in [5, 5.41) is 0. The summed E-state index contributed by atoms with van der Waals surface area (Å²) in [4.78, 5) is 38.4. The van der Waals surface area contributed by atoms with Crippen molar-refractivity contribution in [2.24, 2.45) is 0 Å². The van der Waals surface area contributed by atoms with Gasteiger partial charge in [0.15, 0.2) is 6.10 Å². The second-order valence-corrected chi connectivity index (χ2v) is 22.0. The molecule has 0 aliphatic carbocycles. The van der Waals surface area contributed by atoms with E-state index < -0.39 is 6.10 Å². The Bertz CT molecular complexity index is 1400. The molecule has 0 saturated carbocycles. The summed E-state index contributed by atoms with van der Waals surface area (Å²) in [5.41, 5.74) is 0.